The van der Waals surface area contributed by atoms with Gasteiger partial charge in [0.05, 0.1) is 41.8 Å². The zero-order valence-electron chi connectivity index (χ0n) is 20.8. The molecular weight excluding hydrogens is 537 g/mol. The number of nitrogens with one attached hydrogen (secondary N) is 1. The molecule has 0 unspecified atom stereocenters. The van der Waals surface area contributed by atoms with E-state index in [-0.39, 0.29) is 22.7 Å². The van der Waals surface area contributed by atoms with Gasteiger partial charge in [-0.05, 0) is 60.4 Å². The third kappa shape index (κ3) is 5.01. The van der Waals surface area contributed by atoms with Gasteiger partial charge >= 0.3 is 12.1 Å². The summed E-state index contributed by atoms with van der Waals surface area (Å²) in [6, 6.07) is 14.1. The third-order valence-electron chi connectivity index (χ3n) is 7.19. The Morgan fingerprint density at radius 3 is 2.46 bits per heavy atom. The van der Waals surface area contributed by atoms with Crippen molar-refractivity contribution in [3.8, 4) is 5.75 Å². The first-order chi connectivity index (χ1) is 18.4. The number of sulfonamides is 1. The SMILES string of the molecule is COc1ccc(C(=O)O)cc1S(=O)(=O)Nc1cc(C(F)(F)F)ccc1N1CCC2(CC1)OCc1ccccc12. The van der Waals surface area contributed by atoms with Crippen LogP contribution in [0, 0.1) is 0 Å². The molecule has 2 aliphatic rings. The van der Waals surface area contributed by atoms with Gasteiger partial charge < -0.3 is 19.5 Å². The number of anilines is 2. The Morgan fingerprint density at radius 2 is 1.79 bits per heavy atom. The molecule has 1 spiro atoms. The normalized spacial score (nSPS) is 16.7. The second-order valence-corrected chi connectivity index (χ2v) is 11.1. The predicted molar refractivity (Wildman–Crippen MR) is 137 cm³/mol. The fraction of sp³-hybridized carbons (Fsp3) is 0.296. The summed E-state index contributed by atoms with van der Waals surface area (Å²) in [5.74, 6) is -1.52. The van der Waals surface area contributed by atoms with E-state index in [9.17, 15) is 31.5 Å². The molecule has 2 heterocycles. The topological polar surface area (TPSA) is 105 Å². The molecule has 1 fully saturated rings. The number of methoxy groups -OCH3 is 1. The molecule has 0 aromatic heterocycles. The van der Waals surface area contributed by atoms with Crippen molar-refractivity contribution in [1.82, 2.24) is 0 Å². The van der Waals surface area contributed by atoms with Gasteiger partial charge in [0.2, 0.25) is 0 Å². The first-order valence-corrected chi connectivity index (χ1v) is 13.5. The average Bonchev–Trinajstić information content (AvgIpc) is 3.26. The van der Waals surface area contributed by atoms with Crippen LogP contribution in [0.2, 0.25) is 0 Å². The van der Waals surface area contributed by atoms with Crippen LogP contribution in [-0.2, 0) is 33.1 Å². The number of hydrogen-bond acceptors (Lipinski definition) is 6. The zero-order chi connectivity index (χ0) is 28.0. The lowest BCUT2D eigenvalue weighted by molar-refractivity contribution is -0.137. The maximum atomic E-state index is 13.6. The van der Waals surface area contributed by atoms with Crippen LogP contribution >= 0.6 is 0 Å². The second kappa shape index (κ2) is 9.76. The number of carboxylic acids is 1. The highest BCUT2D eigenvalue weighted by atomic mass is 32.2. The third-order valence-corrected chi connectivity index (χ3v) is 8.58. The van der Waals surface area contributed by atoms with Crippen molar-refractivity contribution in [2.75, 3.05) is 29.8 Å². The van der Waals surface area contributed by atoms with Gasteiger partial charge in [-0.1, -0.05) is 24.3 Å². The molecule has 3 aromatic carbocycles. The van der Waals surface area contributed by atoms with E-state index in [1.807, 2.05) is 29.2 Å². The Hall–Kier alpha value is -3.77. The summed E-state index contributed by atoms with van der Waals surface area (Å²) < 4.78 is 81.1. The lowest BCUT2D eigenvalue weighted by Gasteiger charge is -2.41. The molecule has 0 amide bonds. The van der Waals surface area contributed by atoms with Crippen LogP contribution in [0.1, 0.15) is 39.9 Å². The molecule has 206 valence electrons. The number of rotatable bonds is 6. The van der Waals surface area contributed by atoms with Crippen LogP contribution in [0.5, 0.6) is 5.75 Å². The summed E-state index contributed by atoms with van der Waals surface area (Å²) in [5.41, 5.74) is 0.339. The van der Waals surface area contributed by atoms with E-state index >= 15 is 0 Å². The van der Waals surface area contributed by atoms with Crippen molar-refractivity contribution in [2.24, 2.45) is 0 Å². The Morgan fingerprint density at radius 1 is 1.08 bits per heavy atom. The fourth-order valence-corrected chi connectivity index (χ4v) is 6.46. The maximum absolute atomic E-state index is 13.6. The van der Waals surface area contributed by atoms with Crippen molar-refractivity contribution in [2.45, 2.75) is 36.1 Å². The molecular formula is C27H25F3N2O6S. The predicted octanol–water partition coefficient (Wildman–Crippen LogP) is 5.24. The Kier molecular flexibility index (Phi) is 6.71. The van der Waals surface area contributed by atoms with Crippen molar-refractivity contribution in [3.63, 3.8) is 0 Å². The van der Waals surface area contributed by atoms with E-state index in [2.05, 4.69) is 4.72 Å². The number of aromatic carboxylic acids is 1. The number of hydrogen-bond donors (Lipinski definition) is 2. The van der Waals surface area contributed by atoms with Gasteiger partial charge in [-0.3, -0.25) is 4.72 Å². The van der Waals surface area contributed by atoms with E-state index in [1.54, 1.807) is 0 Å². The molecule has 8 nitrogen and oxygen atoms in total. The molecule has 2 N–H and O–H groups in total. The van der Waals surface area contributed by atoms with Crippen LogP contribution < -0.4 is 14.4 Å². The van der Waals surface area contributed by atoms with Gasteiger partial charge in [-0.15, -0.1) is 0 Å². The minimum Gasteiger partial charge on any atom is -0.495 e. The second-order valence-electron chi connectivity index (χ2n) is 9.43. The number of alkyl halides is 3. The minimum atomic E-state index is -4.72. The molecule has 39 heavy (non-hydrogen) atoms. The highest BCUT2D eigenvalue weighted by molar-refractivity contribution is 7.92. The first-order valence-electron chi connectivity index (χ1n) is 12.1. The van der Waals surface area contributed by atoms with Gasteiger partial charge in [0.1, 0.15) is 10.6 Å². The van der Waals surface area contributed by atoms with E-state index in [0.29, 0.717) is 32.5 Å². The fourth-order valence-electron chi connectivity index (χ4n) is 5.20. The van der Waals surface area contributed by atoms with E-state index < -0.39 is 38.2 Å². The molecule has 3 aromatic rings. The van der Waals surface area contributed by atoms with Crippen LogP contribution in [0.25, 0.3) is 0 Å². The average molecular weight is 563 g/mol. The van der Waals surface area contributed by atoms with Gasteiger partial charge in [0.25, 0.3) is 10.0 Å². The summed E-state index contributed by atoms with van der Waals surface area (Å²) in [7, 11) is -3.35. The smallest absolute Gasteiger partial charge is 0.416 e. The van der Waals surface area contributed by atoms with Crippen molar-refractivity contribution in [3.05, 3.63) is 82.9 Å². The van der Waals surface area contributed by atoms with Gasteiger partial charge in [-0.25, -0.2) is 13.2 Å². The minimum absolute atomic E-state index is 0.155. The van der Waals surface area contributed by atoms with Crippen molar-refractivity contribution < 1.29 is 41.0 Å². The number of piperidine rings is 1. The van der Waals surface area contributed by atoms with Crippen LogP contribution in [0.15, 0.2) is 65.6 Å². The number of carboxylic acid groups (broad SMARTS) is 1. The summed E-state index contributed by atoms with van der Waals surface area (Å²) in [5, 5.41) is 9.32. The lowest BCUT2D eigenvalue weighted by atomic mass is 9.83. The standard InChI is InChI=1S/C27H25F3N2O6S/c1-37-23-9-6-17(25(33)34)14-24(23)39(35,36)31-21-15-19(27(28,29)30)7-8-22(21)32-12-10-26(11-13-32)20-5-3-2-4-18(20)16-38-26/h2-9,14-15,31H,10-13,16H2,1H3,(H,33,34). The summed E-state index contributed by atoms with van der Waals surface area (Å²) in [6.07, 6.45) is -3.59. The largest absolute Gasteiger partial charge is 0.495 e. The lowest BCUT2D eigenvalue weighted by Crippen LogP contribution is -2.42. The molecule has 0 atom stereocenters. The number of ether oxygens (including phenoxy) is 2. The highest BCUT2D eigenvalue weighted by Crippen LogP contribution is 2.46. The summed E-state index contributed by atoms with van der Waals surface area (Å²) >= 11 is 0. The monoisotopic (exact) mass is 562 g/mol. The van der Waals surface area contributed by atoms with Crippen LogP contribution in [0.3, 0.4) is 0 Å². The Balaban J connectivity index is 1.49. The van der Waals surface area contributed by atoms with Gasteiger partial charge in [0, 0.05) is 13.1 Å². The molecule has 1 saturated heterocycles. The van der Waals surface area contributed by atoms with E-state index in [4.69, 9.17) is 9.47 Å². The summed E-state index contributed by atoms with van der Waals surface area (Å²) in [4.78, 5) is 12.7. The maximum Gasteiger partial charge on any atom is 0.416 e. The Bertz CT molecular complexity index is 1530. The quantitative estimate of drug-likeness (QED) is 0.424. The number of nitrogens with zero attached hydrogens (tertiary/aromatic N) is 1. The molecule has 12 heteroatoms. The van der Waals surface area contributed by atoms with Gasteiger partial charge in [0.15, 0.2) is 0 Å². The van der Waals surface area contributed by atoms with Crippen LogP contribution in [-0.4, -0.2) is 39.7 Å². The zero-order valence-corrected chi connectivity index (χ0v) is 21.6. The first kappa shape index (κ1) is 26.8. The number of benzene rings is 3. The number of fused-ring (bicyclic) bond motifs is 2. The molecule has 0 radical (unpaired) electrons. The Labute approximate surface area is 223 Å². The number of halogens is 3. The molecule has 0 bridgehead atoms. The molecule has 5 rings (SSSR count). The number of carbonyl (C=O) groups is 1. The van der Waals surface area contributed by atoms with E-state index in [0.717, 1.165) is 29.3 Å². The molecule has 0 aliphatic carbocycles. The van der Waals surface area contributed by atoms with Crippen molar-refractivity contribution >= 4 is 27.4 Å². The summed E-state index contributed by atoms with van der Waals surface area (Å²) in [6.45, 7) is 1.30. The van der Waals surface area contributed by atoms with E-state index in [1.165, 1.54) is 25.3 Å². The van der Waals surface area contributed by atoms with Crippen LogP contribution in [0.4, 0.5) is 24.5 Å². The molecule has 0 saturated carbocycles. The highest BCUT2D eigenvalue weighted by Gasteiger charge is 2.43. The van der Waals surface area contributed by atoms with Crippen molar-refractivity contribution in [1.29, 1.82) is 0 Å². The molecule has 2 aliphatic heterocycles. The van der Waals surface area contributed by atoms with Gasteiger partial charge in [-0.2, -0.15) is 13.2 Å².